The Balaban J connectivity index is 1.53. The van der Waals surface area contributed by atoms with Crippen LogP contribution < -0.4 is 9.47 Å². The smallest absolute Gasteiger partial charge is 0.295 e. The van der Waals surface area contributed by atoms with Crippen molar-refractivity contribution in [2.24, 2.45) is 0 Å². The largest absolute Gasteiger partial charge is 0.507 e. The molecular weight excluding hydrogens is 422 g/mol. The van der Waals surface area contributed by atoms with E-state index in [1.165, 1.54) is 0 Å². The molecule has 0 saturated carbocycles. The third kappa shape index (κ3) is 3.84. The average Bonchev–Trinajstić information content (AvgIpc) is 3.56. The molecule has 3 heterocycles. The summed E-state index contributed by atoms with van der Waals surface area (Å²) in [5.74, 6) is -0.483. The number of carbonyl (C=O) groups is 2. The summed E-state index contributed by atoms with van der Waals surface area (Å²) in [6, 6.07) is 11.9. The molecule has 33 heavy (non-hydrogen) atoms. The normalized spacial score (nSPS) is 18.8. The van der Waals surface area contributed by atoms with Gasteiger partial charge in [-0.15, -0.1) is 0 Å². The van der Waals surface area contributed by atoms with Crippen LogP contribution in [-0.4, -0.2) is 44.6 Å². The van der Waals surface area contributed by atoms with Gasteiger partial charge in [0.15, 0.2) is 11.5 Å². The zero-order valence-electron chi connectivity index (χ0n) is 18.1. The quantitative estimate of drug-likeness (QED) is 0.355. The van der Waals surface area contributed by atoms with E-state index in [0.717, 1.165) is 11.1 Å². The fourth-order valence-electron chi connectivity index (χ4n) is 4.25. The molecule has 3 aromatic rings. The lowest BCUT2D eigenvalue weighted by atomic mass is 9.94. The van der Waals surface area contributed by atoms with Crippen molar-refractivity contribution >= 4 is 17.4 Å². The van der Waals surface area contributed by atoms with Crippen LogP contribution >= 0.6 is 0 Å². The number of benzene rings is 2. The molecule has 0 aliphatic carbocycles. The Hall–Kier alpha value is -4.07. The average molecular weight is 445 g/mol. The SMILES string of the molecule is Cc1ccc(C2C(=C(O)c3ccc4c(c3)OCO4)C(=O)C(=O)N2CCCn2ccnc2)cc1. The molecule has 1 fully saturated rings. The van der Waals surface area contributed by atoms with Crippen molar-refractivity contribution in [3.63, 3.8) is 0 Å². The number of ether oxygens (including phenoxy) is 2. The number of ketones is 1. The number of carbonyl (C=O) groups excluding carboxylic acids is 2. The Morgan fingerprint density at radius 2 is 1.88 bits per heavy atom. The van der Waals surface area contributed by atoms with Gasteiger partial charge in [0.25, 0.3) is 11.7 Å². The second-order valence-electron chi connectivity index (χ2n) is 8.13. The lowest BCUT2D eigenvalue weighted by Crippen LogP contribution is -2.31. The molecule has 2 aromatic carbocycles. The number of aryl methyl sites for hydroxylation is 2. The van der Waals surface area contributed by atoms with Gasteiger partial charge in [-0.1, -0.05) is 29.8 Å². The van der Waals surface area contributed by atoms with Crippen molar-refractivity contribution in [2.75, 3.05) is 13.3 Å². The molecule has 1 aromatic heterocycles. The summed E-state index contributed by atoms with van der Waals surface area (Å²) in [6.45, 7) is 3.09. The van der Waals surface area contributed by atoms with Crippen LogP contribution in [0.5, 0.6) is 11.5 Å². The minimum Gasteiger partial charge on any atom is -0.507 e. The van der Waals surface area contributed by atoms with E-state index in [1.54, 1.807) is 35.6 Å². The first-order valence-corrected chi connectivity index (χ1v) is 10.7. The van der Waals surface area contributed by atoms with Gasteiger partial charge in [0.2, 0.25) is 6.79 Å². The molecule has 0 radical (unpaired) electrons. The van der Waals surface area contributed by atoms with E-state index in [0.29, 0.717) is 36.6 Å². The van der Waals surface area contributed by atoms with E-state index in [4.69, 9.17) is 9.47 Å². The summed E-state index contributed by atoms with van der Waals surface area (Å²) in [4.78, 5) is 31.8. The third-order valence-corrected chi connectivity index (χ3v) is 5.95. The maximum Gasteiger partial charge on any atom is 0.295 e. The van der Waals surface area contributed by atoms with Crippen molar-refractivity contribution in [1.82, 2.24) is 14.5 Å². The number of amides is 1. The van der Waals surface area contributed by atoms with E-state index in [1.807, 2.05) is 42.0 Å². The standard InChI is InChI=1S/C25H23N3O5/c1-16-3-5-17(6-4-16)22-21(23(29)18-7-8-19-20(13-18)33-15-32-19)24(30)25(31)28(22)11-2-10-27-12-9-26-14-27/h3-9,12-14,22,29H,2,10-11,15H2,1H3. The molecular formula is C25H23N3O5. The predicted molar refractivity (Wildman–Crippen MR) is 120 cm³/mol. The zero-order valence-corrected chi connectivity index (χ0v) is 18.1. The Kier molecular flexibility index (Phi) is 5.34. The molecule has 1 saturated heterocycles. The first-order chi connectivity index (χ1) is 16.0. The van der Waals surface area contributed by atoms with E-state index < -0.39 is 17.7 Å². The highest BCUT2D eigenvalue weighted by Crippen LogP contribution is 2.41. The Bertz CT molecular complexity index is 1230. The second kappa shape index (κ2) is 8.46. The highest BCUT2D eigenvalue weighted by atomic mass is 16.7. The number of hydrogen-bond donors (Lipinski definition) is 1. The topological polar surface area (TPSA) is 93.9 Å². The minimum atomic E-state index is -0.696. The summed E-state index contributed by atoms with van der Waals surface area (Å²) < 4.78 is 12.7. The van der Waals surface area contributed by atoms with E-state index in [-0.39, 0.29) is 18.1 Å². The highest BCUT2D eigenvalue weighted by molar-refractivity contribution is 6.46. The van der Waals surface area contributed by atoms with Gasteiger partial charge in [0.1, 0.15) is 5.76 Å². The first-order valence-electron chi connectivity index (χ1n) is 10.7. The molecule has 2 aliphatic rings. The Morgan fingerprint density at radius 1 is 1.09 bits per heavy atom. The molecule has 1 N–H and O–H groups in total. The maximum absolute atomic E-state index is 13.1. The molecule has 0 spiro atoms. The van der Waals surface area contributed by atoms with Crippen LogP contribution in [0.25, 0.3) is 5.76 Å². The van der Waals surface area contributed by atoms with Crippen LogP contribution in [0.3, 0.4) is 0 Å². The van der Waals surface area contributed by atoms with Crippen molar-refractivity contribution in [3.8, 4) is 11.5 Å². The highest BCUT2D eigenvalue weighted by Gasteiger charge is 2.45. The monoisotopic (exact) mass is 445 g/mol. The van der Waals surface area contributed by atoms with Gasteiger partial charge < -0.3 is 24.0 Å². The molecule has 168 valence electrons. The van der Waals surface area contributed by atoms with Gasteiger partial charge in [-0.3, -0.25) is 9.59 Å². The van der Waals surface area contributed by atoms with Crippen LogP contribution in [-0.2, 0) is 16.1 Å². The van der Waals surface area contributed by atoms with Gasteiger partial charge in [0.05, 0.1) is 17.9 Å². The number of hydrogen-bond acceptors (Lipinski definition) is 6. The third-order valence-electron chi connectivity index (χ3n) is 5.95. The van der Waals surface area contributed by atoms with Gasteiger partial charge in [0, 0.05) is 31.0 Å². The zero-order chi connectivity index (χ0) is 22.9. The second-order valence-corrected chi connectivity index (χ2v) is 8.13. The molecule has 1 unspecified atom stereocenters. The fourth-order valence-corrected chi connectivity index (χ4v) is 4.25. The molecule has 1 atom stereocenters. The number of imidazole rings is 1. The van der Waals surface area contributed by atoms with Crippen molar-refractivity contribution in [3.05, 3.63) is 83.4 Å². The maximum atomic E-state index is 13.1. The van der Waals surface area contributed by atoms with Crippen LogP contribution in [0.2, 0.25) is 0 Å². The van der Waals surface area contributed by atoms with E-state index in [2.05, 4.69) is 4.98 Å². The number of aromatic nitrogens is 2. The van der Waals surface area contributed by atoms with Crippen molar-refractivity contribution in [2.45, 2.75) is 25.9 Å². The van der Waals surface area contributed by atoms with Crippen LogP contribution in [0.4, 0.5) is 0 Å². The van der Waals surface area contributed by atoms with Crippen LogP contribution in [0.1, 0.15) is 29.2 Å². The summed E-state index contributed by atoms with van der Waals surface area (Å²) in [5.41, 5.74) is 2.30. The van der Waals surface area contributed by atoms with Gasteiger partial charge in [-0.05, 0) is 37.1 Å². The summed E-state index contributed by atoms with van der Waals surface area (Å²) in [5, 5.41) is 11.2. The first kappa shape index (κ1) is 20.8. The Morgan fingerprint density at radius 3 is 2.64 bits per heavy atom. The summed E-state index contributed by atoms with van der Waals surface area (Å²) >= 11 is 0. The lowest BCUT2D eigenvalue weighted by Gasteiger charge is -2.25. The molecule has 8 heteroatoms. The Labute approximate surface area is 190 Å². The van der Waals surface area contributed by atoms with Crippen LogP contribution in [0, 0.1) is 6.92 Å². The number of Topliss-reactive ketones (excluding diaryl/α,β-unsaturated/α-hetero) is 1. The molecule has 5 rings (SSSR count). The number of aliphatic hydroxyl groups is 1. The van der Waals surface area contributed by atoms with Gasteiger partial charge >= 0.3 is 0 Å². The number of nitrogens with zero attached hydrogens (tertiary/aromatic N) is 3. The number of rotatable bonds is 6. The molecule has 2 aliphatic heterocycles. The minimum absolute atomic E-state index is 0.0744. The van der Waals surface area contributed by atoms with E-state index in [9.17, 15) is 14.7 Å². The lowest BCUT2D eigenvalue weighted by molar-refractivity contribution is -0.139. The summed E-state index contributed by atoms with van der Waals surface area (Å²) in [6.07, 6.45) is 5.90. The number of likely N-dealkylation sites (tertiary alicyclic amines) is 1. The molecule has 1 amide bonds. The van der Waals surface area contributed by atoms with Gasteiger partial charge in [-0.25, -0.2) is 4.98 Å². The van der Waals surface area contributed by atoms with Crippen LogP contribution in [0.15, 0.2) is 66.8 Å². The molecule has 0 bridgehead atoms. The van der Waals surface area contributed by atoms with Crippen molar-refractivity contribution < 1.29 is 24.2 Å². The molecule has 8 nitrogen and oxygen atoms in total. The van der Waals surface area contributed by atoms with Gasteiger partial charge in [-0.2, -0.15) is 0 Å². The summed E-state index contributed by atoms with van der Waals surface area (Å²) in [7, 11) is 0. The number of aliphatic hydroxyl groups excluding tert-OH is 1. The van der Waals surface area contributed by atoms with Crippen molar-refractivity contribution in [1.29, 1.82) is 0 Å². The predicted octanol–water partition coefficient (Wildman–Crippen LogP) is 3.43. The number of fused-ring (bicyclic) bond motifs is 1. The van der Waals surface area contributed by atoms with E-state index >= 15 is 0 Å². The fraction of sp³-hybridized carbons (Fsp3) is 0.240.